The zero-order valence-corrected chi connectivity index (χ0v) is 19.3. The summed E-state index contributed by atoms with van der Waals surface area (Å²) >= 11 is 0. The minimum Gasteiger partial charge on any atom is -0.457 e. The lowest BCUT2D eigenvalue weighted by Gasteiger charge is -2.18. The number of nitrogens with zero attached hydrogens (tertiary/aromatic N) is 2. The Morgan fingerprint density at radius 3 is 2.11 bits per heavy atom. The van der Waals surface area contributed by atoms with Crippen molar-refractivity contribution in [2.45, 2.75) is 6.42 Å². The Morgan fingerprint density at radius 2 is 1.47 bits per heavy atom. The Kier molecular flexibility index (Phi) is 7.45. The molecule has 180 valence electrons. The molecule has 2 aromatic rings. The molecule has 0 atom stereocenters. The van der Waals surface area contributed by atoms with Gasteiger partial charge in [0.05, 0.1) is 12.5 Å². The fourth-order valence-electron chi connectivity index (χ4n) is 3.60. The Morgan fingerprint density at radius 1 is 0.833 bits per heavy atom. The van der Waals surface area contributed by atoms with E-state index in [1.54, 1.807) is 18.2 Å². The van der Waals surface area contributed by atoms with E-state index in [1.165, 1.54) is 12.1 Å². The van der Waals surface area contributed by atoms with Crippen molar-refractivity contribution >= 4 is 17.0 Å². The molecule has 0 fully saturated rings. The average molecular weight is 489 g/mol. The van der Waals surface area contributed by atoms with Crippen LogP contribution in [0.15, 0.2) is 96.3 Å². The van der Waals surface area contributed by atoms with Gasteiger partial charge >= 0.3 is 0 Å². The quantitative estimate of drug-likeness (QED) is 0.349. The van der Waals surface area contributed by atoms with E-state index >= 15 is 0 Å². The summed E-state index contributed by atoms with van der Waals surface area (Å²) in [6, 6.07) is 9.02. The summed E-state index contributed by atoms with van der Waals surface area (Å²) in [5.41, 5.74) is 3.03. The van der Waals surface area contributed by atoms with Gasteiger partial charge in [0.2, 0.25) is 0 Å². The number of allylic oxidation sites excluding steroid dienone is 10. The molecule has 0 N–H and O–H groups in total. The fourth-order valence-corrected chi connectivity index (χ4v) is 3.60. The summed E-state index contributed by atoms with van der Waals surface area (Å²) in [6.45, 7) is 0.619. The maximum absolute atomic E-state index is 13.9. The topological polar surface area (TPSA) is 36.0 Å². The summed E-state index contributed by atoms with van der Waals surface area (Å²) in [6.07, 6.45) is 14.8. The normalized spacial score (nSPS) is 15.8. The van der Waals surface area contributed by atoms with Gasteiger partial charge in [-0.1, -0.05) is 12.1 Å². The molecule has 0 saturated heterocycles. The van der Waals surface area contributed by atoms with Crippen molar-refractivity contribution in [2.75, 3.05) is 13.6 Å². The molecule has 3 nitrogen and oxygen atoms in total. The first-order valence-corrected chi connectivity index (χ1v) is 11.1. The van der Waals surface area contributed by atoms with Crippen LogP contribution in [0, 0.1) is 34.6 Å². The zero-order valence-electron chi connectivity index (χ0n) is 19.3. The van der Waals surface area contributed by atoms with E-state index in [2.05, 4.69) is 6.07 Å². The molecule has 0 spiro atoms. The minimum absolute atomic E-state index is 0.227. The van der Waals surface area contributed by atoms with Gasteiger partial charge in [-0.2, -0.15) is 5.26 Å². The van der Waals surface area contributed by atoms with Crippen LogP contribution in [0.3, 0.4) is 0 Å². The van der Waals surface area contributed by atoms with Crippen molar-refractivity contribution < 1.29 is 26.9 Å². The third-order valence-corrected chi connectivity index (χ3v) is 5.60. The molecular weight excluding hydrogens is 468 g/mol. The van der Waals surface area contributed by atoms with Crippen LogP contribution in [0.25, 0.3) is 11.3 Å². The average Bonchev–Trinajstić information content (AvgIpc) is 2.89. The molecule has 2 aromatic carbocycles. The van der Waals surface area contributed by atoms with Crippen molar-refractivity contribution in [1.82, 2.24) is 0 Å². The molecule has 0 amide bonds. The fraction of sp³-hybridized carbons (Fsp3) is 0.103. The Labute approximate surface area is 206 Å². The van der Waals surface area contributed by atoms with Crippen molar-refractivity contribution in [1.29, 1.82) is 5.26 Å². The van der Waals surface area contributed by atoms with Crippen LogP contribution in [0.2, 0.25) is 0 Å². The van der Waals surface area contributed by atoms with E-state index in [9.17, 15) is 17.6 Å². The third kappa shape index (κ3) is 5.78. The molecule has 0 aromatic heterocycles. The molecular formula is C29H21F4N2O+. The van der Waals surface area contributed by atoms with E-state index in [-0.39, 0.29) is 11.3 Å². The van der Waals surface area contributed by atoms with E-state index < -0.39 is 23.3 Å². The monoisotopic (exact) mass is 489 g/mol. The summed E-state index contributed by atoms with van der Waals surface area (Å²) in [5.74, 6) is -3.39. The number of nitriles is 1. The molecule has 36 heavy (non-hydrogen) atoms. The van der Waals surface area contributed by atoms with Crippen LogP contribution in [-0.4, -0.2) is 23.9 Å². The highest BCUT2D eigenvalue weighted by molar-refractivity contribution is 6.02. The van der Waals surface area contributed by atoms with Crippen LogP contribution in [0.1, 0.15) is 17.5 Å². The number of rotatable bonds is 5. The molecule has 4 rings (SSSR count). The molecule has 7 heteroatoms. The number of hydrogen-bond acceptors (Lipinski definition) is 2. The highest BCUT2D eigenvalue weighted by Crippen LogP contribution is 2.33. The first kappa shape index (κ1) is 24.7. The Bertz CT molecular complexity index is 1450. The van der Waals surface area contributed by atoms with Crippen LogP contribution >= 0.6 is 0 Å². The van der Waals surface area contributed by atoms with Gasteiger partial charge in [0.1, 0.15) is 18.6 Å². The smallest absolute Gasteiger partial charge is 0.199 e. The summed E-state index contributed by atoms with van der Waals surface area (Å²) < 4.78 is 62.6. The lowest BCUT2D eigenvalue weighted by molar-refractivity contribution is -0.494. The van der Waals surface area contributed by atoms with E-state index in [0.717, 1.165) is 35.6 Å². The van der Waals surface area contributed by atoms with Gasteiger partial charge < -0.3 is 4.74 Å². The molecule has 0 unspecified atom stereocenters. The number of halogens is 4. The molecule has 0 bridgehead atoms. The molecule has 1 aliphatic heterocycles. The molecule has 1 aliphatic carbocycles. The lowest BCUT2D eigenvalue weighted by atomic mass is 10.00. The molecule has 1 heterocycles. The van der Waals surface area contributed by atoms with Gasteiger partial charge in [0.15, 0.2) is 35.5 Å². The Balaban J connectivity index is 1.67. The second-order valence-electron chi connectivity index (χ2n) is 8.13. The van der Waals surface area contributed by atoms with Gasteiger partial charge in [-0.05, 0) is 77.4 Å². The lowest BCUT2D eigenvalue weighted by Crippen LogP contribution is -2.16. The van der Waals surface area contributed by atoms with Gasteiger partial charge in [0, 0.05) is 17.7 Å². The van der Waals surface area contributed by atoms with E-state index in [0.29, 0.717) is 29.9 Å². The summed E-state index contributed by atoms with van der Waals surface area (Å²) in [7, 11) is 1.91. The van der Waals surface area contributed by atoms with E-state index in [1.807, 2.05) is 42.0 Å². The van der Waals surface area contributed by atoms with Crippen molar-refractivity contribution in [2.24, 2.45) is 0 Å². The van der Waals surface area contributed by atoms with Crippen molar-refractivity contribution in [3.8, 4) is 6.07 Å². The van der Waals surface area contributed by atoms with Crippen LogP contribution in [0.4, 0.5) is 17.6 Å². The summed E-state index contributed by atoms with van der Waals surface area (Å²) in [5, 5.41) is 8.76. The zero-order chi connectivity index (χ0) is 25.7. The van der Waals surface area contributed by atoms with Crippen molar-refractivity contribution in [3.05, 3.63) is 131 Å². The first-order valence-electron chi connectivity index (χ1n) is 11.1. The number of ether oxygens (including phenoxy) is 1. The summed E-state index contributed by atoms with van der Waals surface area (Å²) in [4.78, 5) is 0. The van der Waals surface area contributed by atoms with Gasteiger partial charge in [-0.3, -0.25) is 0 Å². The molecule has 0 saturated carbocycles. The van der Waals surface area contributed by atoms with Crippen LogP contribution in [0.5, 0.6) is 0 Å². The number of benzene rings is 2. The second-order valence-corrected chi connectivity index (χ2v) is 8.13. The highest BCUT2D eigenvalue weighted by Gasteiger charge is 2.17. The van der Waals surface area contributed by atoms with Crippen LogP contribution < -0.4 is 0 Å². The first-order chi connectivity index (χ1) is 17.3. The van der Waals surface area contributed by atoms with Gasteiger partial charge in [-0.15, -0.1) is 0 Å². The molecule has 0 radical (unpaired) electrons. The van der Waals surface area contributed by atoms with Crippen LogP contribution in [-0.2, 0) is 4.74 Å². The largest absolute Gasteiger partial charge is 0.457 e. The molecule has 2 aliphatic rings. The SMILES string of the molecule is C[N+](CCC#N)=C1C=CC(=CC=C2C=C(c3ccc(F)c(F)c3)C=C(c3ccc(F)c(F)c3)O2)C=C1. The van der Waals surface area contributed by atoms with Crippen molar-refractivity contribution in [3.63, 3.8) is 0 Å². The maximum Gasteiger partial charge on any atom is 0.199 e. The van der Waals surface area contributed by atoms with Gasteiger partial charge in [0.25, 0.3) is 0 Å². The second kappa shape index (κ2) is 10.9. The Hall–Kier alpha value is -4.44. The van der Waals surface area contributed by atoms with E-state index in [4.69, 9.17) is 10.00 Å². The van der Waals surface area contributed by atoms with Gasteiger partial charge in [-0.25, -0.2) is 22.1 Å². The standard InChI is InChI=1S/C29H21F4N2O/c1-35(14-2-13-34)23-8-3-19(4-9-23)5-10-24-15-22(20-6-11-25(30)27(32)16-20)18-29(36-24)21-7-12-26(31)28(33)17-21/h3-12,15-18H,2,14H2,1H3/q+1. The maximum atomic E-state index is 13.9. The highest BCUT2D eigenvalue weighted by atomic mass is 19.2. The number of hydrogen-bond donors (Lipinski definition) is 0. The third-order valence-electron chi connectivity index (χ3n) is 5.60. The predicted octanol–water partition coefficient (Wildman–Crippen LogP) is 6.63. The predicted molar refractivity (Wildman–Crippen MR) is 130 cm³/mol. The minimum atomic E-state index is -1.03.